The number of benzene rings is 2. The molecule has 0 spiro atoms. The number of amides is 1. The molecule has 1 amide bonds. The summed E-state index contributed by atoms with van der Waals surface area (Å²) >= 11 is 3.16. The summed E-state index contributed by atoms with van der Waals surface area (Å²) in [5.74, 6) is -1.42. The van der Waals surface area contributed by atoms with Crippen LogP contribution in [0.1, 0.15) is 15.9 Å². The normalized spacial score (nSPS) is 10.3. The van der Waals surface area contributed by atoms with Gasteiger partial charge in [0, 0.05) is 10.0 Å². The Morgan fingerprint density at radius 1 is 1.16 bits per heavy atom. The predicted octanol–water partition coefficient (Wildman–Crippen LogP) is 4.29. The Kier molecular flexibility index (Phi) is 3.95. The summed E-state index contributed by atoms with van der Waals surface area (Å²) in [7, 11) is 0. The van der Waals surface area contributed by atoms with Gasteiger partial charge in [0.15, 0.2) is 0 Å². The van der Waals surface area contributed by atoms with E-state index in [4.69, 9.17) is 0 Å². The SMILES string of the molecule is Cc1cc(C(=O)Nc2c(F)cccc2Br)ccc1F. The number of anilines is 1. The van der Waals surface area contributed by atoms with Gasteiger partial charge in [0.25, 0.3) is 5.91 Å². The van der Waals surface area contributed by atoms with Crippen LogP contribution in [0.4, 0.5) is 14.5 Å². The van der Waals surface area contributed by atoms with Crippen LogP contribution in [0, 0.1) is 18.6 Å². The van der Waals surface area contributed by atoms with Gasteiger partial charge in [0.1, 0.15) is 11.6 Å². The number of hydrogen-bond donors (Lipinski definition) is 1. The van der Waals surface area contributed by atoms with Crippen LogP contribution < -0.4 is 5.32 Å². The Bertz CT molecular complexity index is 623. The molecule has 98 valence electrons. The average Bonchev–Trinajstić information content (AvgIpc) is 2.37. The van der Waals surface area contributed by atoms with Gasteiger partial charge in [0.05, 0.1) is 5.69 Å². The zero-order chi connectivity index (χ0) is 14.0. The van der Waals surface area contributed by atoms with Gasteiger partial charge in [-0.1, -0.05) is 6.07 Å². The lowest BCUT2D eigenvalue weighted by atomic mass is 10.1. The van der Waals surface area contributed by atoms with Crippen molar-refractivity contribution in [3.63, 3.8) is 0 Å². The molecule has 2 aromatic carbocycles. The minimum Gasteiger partial charge on any atom is -0.319 e. The van der Waals surface area contributed by atoms with E-state index in [1.807, 2.05) is 0 Å². The first-order valence-electron chi connectivity index (χ1n) is 5.50. The molecule has 5 heteroatoms. The molecule has 0 heterocycles. The van der Waals surface area contributed by atoms with Gasteiger partial charge in [0.2, 0.25) is 0 Å². The average molecular weight is 326 g/mol. The number of para-hydroxylation sites is 1. The van der Waals surface area contributed by atoms with Crippen molar-refractivity contribution in [2.24, 2.45) is 0 Å². The maximum atomic E-state index is 13.6. The third kappa shape index (κ3) is 2.98. The lowest BCUT2D eigenvalue weighted by Crippen LogP contribution is -2.13. The summed E-state index contributed by atoms with van der Waals surface area (Å²) in [6, 6.07) is 8.37. The molecule has 0 bridgehead atoms. The van der Waals surface area contributed by atoms with Gasteiger partial charge in [-0.15, -0.1) is 0 Å². The molecule has 0 unspecified atom stereocenters. The van der Waals surface area contributed by atoms with E-state index in [0.717, 1.165) is 0 Å². The highest BCUT2D eigenvalue weighted by Gasteiger charge is 2.12. The van der Waals surface area contributed by atoms with E-state index in [2.05, 4.69) is 21.2 Å². The summed E-state index contributed by atoms with van der Waals surface area (Å²) in [6.45, 7) is 1.56. The summed E-state index contributed by atoms with van der Waals surface area (Å²) in [4.78, 5) is 12.0. The van der Waals surface area contributed by atoms with Crippen LogP contribution in [0.15, 0.2) is 40.9 Å². The van der Waals surface area contributed by atoms with E-state index in [-0.39, 0.29) is 17.1 Å². The maximum absolute atomic E-state index is 13.6. The standard InChI is InChI=1S/C14H10BrF2NO/c1-8-7-9(5-6-11(8)16)14(19)18-13-10(15)3-2-4-12(13)17/h2-7H,1H3,(H,18,19). The van der Waals surface area contributed by atoms with Crippen molar-refractivity contribution in [2.45, 2.75) is 6.92 Å². The highest BCUT2D eigenvalue weighted by Crippen LogP contribution is 2.25. The van der Waals surface area contributed by atoms with E-state index in [0.29, 0.717) is 10.0 Å². The molecule has 2 aromatic rings. The molecular formula is C14H10BrF2NO. The molecule has 2 nitrogen and oxygen atoms in total. The van der Waals surface area contributed by atoms with E-state index >= 15 is 0 Å². The minimum absolute atomic E-state index is 0.0643. The van der Waals surface area contributed by atoms with Crippen LogP contribution in [0.25, 0.3) is 0 Å². The molecule has 0 atom stereocenters. The van der Waals surface area contributed by atoms with E-state index in [1.165, 1.54) is 30.3 Å². The van der Waals surface area contributed by atoms with Crippen LogP contribution in [0.5, 0.6) is 0 Å². The topological polar surface area (TPSA) is 29.1 Å². The summed E-state index contributed by atoms with van der Waals surface area (Å²) in [6.07, 6.45) is 0. The van der Waals surface area contributed by atoms with Crippen LogP contribution in [-0.2, 0) is 0 Å². The Morgan fingerprint density at radius 3 is 2.53 bits per heavy atom. The quantitative estimate of drug-likeness (QED) is 0.876. The van der Waals surface area contributed by atoms with Crippen molar-refractivity contribution in [1.82, 2.24) is 0 Å². The molecule has 0 aliphatic heterocycles. The Balaban J connectivity index is 2.28. The number of nitrogens with one attached hydrogen (secondary N) is 1. The molecule has 1 N–H and O–H groups in total. The zero-order valence-corrected chi connectivity index (χ0v) is 11.6. The monoisotopic (exact) mass is 325 g/mol. The van der Waals surface area contributed by atoms with E-state index < -0.39 is 11.7 Å². The van der Waals surface area contributed by atoms with Gasteiger partial charge in [-0.3, -0.25) is 4.79 Å². The summed E-state index contributed by atoms with van der Waals surface area (Å²) in [5.41, 5.74) is 0.698. The van der Waals surface area contributed by atoms with Crippen LogP contribution >= 0.6 is 15.9 Å². The van der Waals surface area contributed by atoms with Crippen molar-refractivity contribution in [3.8, 4) is 0 Å². The third-order valence-corrected chi connectivity index (χ3v) is 3.28. The van der Waals surface area contributed by atoms with Crippen molar-refractivity contribution in [1.29, 1.82) is 0 Å². The fourth-order valence-electron chi connectivity index (χ4n) is 1.59. The van der Waals surface area contributed by atoms with Crippen molar-refractivity contribution in [3.05, 3.63) is 63.6 Å². The first kappa shape index (κ1) is 13.7. The fourth-order valence-corrected chi connectivity index (χ4v) is 2.03. The van der Waals surface area contributed by atoms with Crippen LogP contribution in [-0.4, -0.2) is 5.91 Å². The second-order valence-corrected chi connectivity index (χ2v) is 4.87. The molecular weight excluding hydrogens is 316 g/mol. The largest absolute Gasteiger partial charge is 0.319 e. The first-order chi connectivity index (χ1) is 8.99. The van der Waals surface area contributed by atoms with Gasteiger partial charge in [-0.2, -0.15) is 0 Å². The third-order valence-electron chi connectivity index (χ3n) is 2.62. The lowest BCUT2D eigenvalue weighted by Gasteiger charge is -2.09. The first-order valence-corrected chi connectivity index (χ1v) is 6.30. The molecule has 19 heavy (non-hydrogen) atoms. The van der Waals surface area contributed by atoms with E-state index in [9.17, 15) is 13.6 Å². The highest BCUT2D eigenvalue weighted by atomic mass is 79.9. The number of halogens is 3. The van der Waals surface area contributed by atoms with E-state index in [1.54, 1.807) is 13.0 Å². The molecule has 0 radical (unpaired) electrons. The van der Waals surface area contributed by atoms with Crippen LogP contribution in [0.3, 0.4) is 0 Å². The van der Waals surface area contributed by atoms with Gasteiger partial charge in [-0.25, -0.2) is 8.78 Å². The number of rotatable bonds is 2. The summed E-state index contributed by atoms with van der Waals surface area (Å²) < 4.78 is 27.1. The second-order valence-electron chi connectivity index (χ2n) is 4.01. The molecule has 0 saturated heterocycles. The minimum atomic E-state index is -0.540. The highest BCUT2D eigenvalue weighted by molar-refractivity contribution is 9.10. The number of aryl methyl sites for hydroxylation is 1. The lowest BCUT2D eigenvalue weighted by molar-refractivity contribution is 0.102. The molecule has 0 fully saturated rings. The summed E-state index contributed by atoms with van der Waals surface area (Å²) in [5, 5.41) is 2.46. The predicted molar refractivity (Wildman–Crippen MR) is 73.2 cm³/mol. The molecule has 0 aliphatic carbocycles. The molecule has 0 aromatic heterocycles. The zero-order valence-electron chi connectivity index (χ0n) is 10.0. The molecule has 2 rings (SSSR count). The van der Waals surface area contributed by atoms with Gasteiger partial charge in [-0.05, 0) is 58.7 Å². The Hall–Kier alpha value is -1.75. The van der Waals surface area contributed by atoms with Gasteiger partial charge < -0.3 is 5.32 Å². The Labute approximate surface area is 117 Å². The van der Waals surface area contributed by atoms with Gasteiger partial charge >= 0.3 is 0 Å². The Morgan fingerprint density at radius 2 is 1.89 bits per heavy atom. The smallest absolute Gasteiger partial charge is 0.255 e. The number of carbonyl (C=O) groups is 1. The maximum Gasteiger partial charge on any atom is 0.255 e. The van der Waals surface area contributed by atoms with Crippen LogP contribution in [0.2, 0.25) is 0 Å². The van der Waals surface area contributed by atoms with Crippen molar-refractivity contribution >= 4 is 27.5 Å². The second kappa shape index (κ2) is 5.48. The molecule has 0 saturated carbocycles. The number of hydrogen-bond acceptors (Lipinski definition) is 1. The van der Waals surface area contributed by atoms with Crippen molar-refractivity contribution in [2.75, 3.05) is 5.32 Å². The number of carbonyl (C=O) groups excluding carboxylic acids is 1. The fraction of sp³-hybridized carbons (Fsp3) is 0.0714. The molecule has 0 aliphatic rings. The van der Waals surface area contributed by atoms with Crippen molar-refractivity contribution < 1.29 is 13.6 Å².